The number of nitrogens with one attached hydrogen (secondary N) is 1. The van der Waals surface area contributed by atoms with Crippen LogP contribution >= 0.6 is 0 Å². The Labute approximate surface area is 170 Å². The molecule has 1 aliphatic heterocycles. The molecule has 0 amide bonds. The maximum Gasteiger partial charge on any atom is 0.293 e. The Morgan fingerprint density at radius 1 is 1.21 bits per heavy atom. The summed E-state index contributed by atoms with van der Waals surface area (Å²) in [5.74, 6) is 0. The number of aryl methyl sites for hydroxylation is 2. The number of rotatable bonds is 7. The van der Waals surface area contributed by atoms with Crippen LogP contribution < -0.4 is 5.32 Å². The zero-order chi connectivity index (χ0) is 21.0. The molecule has 0 aliphatic carbocycles. The minimum absolute atomic E-state index is 0.0349. The molecule has 0 atom stereocenters. The molecule has 1 N–H and O–H groups in total. The molecule has 0 saturated carbocycles. The van der Waals surface area contributed by atoms with E-state index in [2.05, 4.69) is 10.4 Å². The maximum atomic E-state index is 13.0. The molecule has 2 heterocycles. The molecule has 0 spiro atoms. The van der Waals surface area contributed by atoms with Crippen molar-refractivity contribution in [1.82, 2.24) is 14.1 Å². The number of benzene rings is 1. The van der Waals surface area contributed by atoms with Gasteiger partial charge in [-0.1, -0.05) is 19.8 Å². The Bertz CT molecular complexity index is 978. The first-order valence-electron chi connectivity index (χ1n) is 9.86. The lowest BCUT2D eigenvalue weighted by molar-refractivity contribution is -0.384. The topological polar surface area (TPSA) is 110 Å². The lowest BCUT2D eigenvalue weighted by Crippen LogP contribution is -2.32. The van der Waals surface area contributed by atoms with E-state index in [-0.39, 0.29) is 16.3 Å². The minimum atomic E-state index is -3.74. The molecule has 158 valence electrons. The lowest BCUT2D eigenvalue weighted by atomic mass is 10.2. The molecule has 10 heteroatoms. The summed E-state index contributed by atoms with van der Waals surface area (Å²) in [6.07, 6.45) is 6.26. The van der Waals surface area contributed by atoms with Gasteiger partial charge in [-0.05, 0) is 31.4 Å². The minimum Gasteiger partial charge on any atom is -0.375 e. The fourth-order valence-electron chi connectivity index (χ4n) is 3.62. The number of hydrogen-bond acceptors (Lipinski definition) is 6. The number of nitrogens with zero attached hydrogens (tertiary/aromatic N) is 4. The van der Waals surface area contributed by atoms with E-state index in [0.717, 1.165) is 49.4 Å². The molecule has 1 fully saturated rings. The molecule has 1 aromatic heterocycles. The SMILES string of the molecule is CCc1nn(C)cc1CNc1ccc(S(=O)(=O)N2CCCCCC2)cc1[N+](=O)[O-]. The molecule has 9 nitrogen and oxygen atoms in total. The summed E-state index contributed by atoms with van der Waals surface area (Å²) in [6, 6.07) is 4.08. The largest absolute Gasteiger partial charge is 0.375 e. The third-order valence-electron chi connectivity index (χ3n) is 5.16. The Morgan fingerprint density at radius 3 is 2.52 bits per heavy atom. The second-order valence-electron chi connectivity index (χ2n) is 7.24. The van der Waals surface area contributed by atoms with Gasteiger partial charge in [0, 0.05) is 44.5 Å². The summed E-state index contributed by atoms with van der Waals surface area (Å²) in [7, 11) is -1.92. The first-order chi connectivity index (χ1) is 13.8. The summed E-state index contributed by atoms with van der Waals surface area (Å²) in [5, 5.41) is 19.0. The van der Waals surface area contributed by atoms with Crippen molar-refractivity contribution in [2.75, 3.05) is 18.4 Å². The molecular formula is C19H27N5O4S. The van der Waals surface area contributed by atoms with Gasteiger partial charge < -0.3 is 5.32 Å². The number of sulfonamides is 1. The van der Waals surface area contributed by atoms with E-state index in [1.165, 1.54) is 16.4 Å². The highest BCUT2D eigenvalue weighted by Crippen LogP contribution is 2.30. The molecule has 2 aromatic rings. The predicted octanol–water partition coefficient (Wildman–Crippen LogP) is 3.07. The summed E-state index contributed by atoms with van der Waals surface area (Å²) in [6.45, 7) is 3.28. The number of aromatic nitrogens is 2. The third-order valence-corrected chi connectivity index (χ3v) is 7.06. The zero-order valence-corrected chi connectivity index (χ0v) is 17.6. The van der Waals surface area contributed by atoms with E-state index in [9.17, 15) is 18.5 Å². The van der Waals surface area contributed by atoms with Crippen LogP contribution in [0, 0.1) is 10.1 Å². The molecule has 29 heavy (non-hydrogen) atoms. The Hall–Kier alpha value is -2.46. The molecule has 0 radical (unpaired) electrons. The van der Waals surface area contributed by atoms with Crippen LogP contribution in [-0.4, -0.2) is 40.5 Å². The van der Waals surface area contributed by atoms with Gasteiger partial charge in [0.15, 0.2) is 0 Å². The lowest BCUT2D eigenvalue weighted by Gasteiger charge is -2.20. The van der Waals surface area contributed by atoms with Gasteiger partial charge in [0.25, 0.3) is 5.69 Å². The van der Waals surface area contributed by atoms with Crippen LogP contribution in [0.25, 0.3) is 0 Å². The highest BCUT2D eigenvalue weighted by atomic mass is 32.2. The predicted molar refractivity (Wildman–Crippen MR) is 110 cm³/mol. The van der Waals surface area contributed by atoms with Gasteiger partial charge in [0.05, 0.1) is 15.5 Å². The van der Waals surface area contributed by atoms with Crippen molar-refractivity contribution in [1.29, 1.82) is 0 Å². The molecule has 0 bridgehead atoms. The van der Waals surface area contributed by atoms with Gasteiger partial charge in [0.2, 0.25) is 10.0 Å². The summed E-state index contributed by atoms with van der Waals surface area (Å²) in [5.41, 5.74) is 1.91. The van der Waals surface area contributed by atoms with Crippen molar-refractivity contribution in [3.05, 3.63) is 45.8 Å². The second kappa shape index (κ2) is 8.91. The van der Waals surface area contributed by atoms with Gasteiger partial charge in [-0.3, -0.25) is 14.8 Å². The van der Waals surface area contributed by atoms with Crippen molar-refractivity contribution in [3.63, 3.8) is 0 Å². The van der Waals surface area contributed by atoms with Crippen molar-refractivity contribution >= 4 is 21.4 Å². The Balaban J connectivity index is 1.85. The van der Waals surface area contributed by atoms with Crippen molar-refractivity contribution in [2.45, 2.75) is 50.5 Å². The Morgan fingerprint density at radius 2 is 1.90 bits per heavy atom. The van der Waals surface area contributed by atoms with Gasteiger partial charge >= 0.3 is 0 Å². The second-order valence-corrected chi connectivity index (χ2v) is 9.17. The monoisotopic (exact) mass is 421 g/mol. The molecular weight excluding hydrogens is 394 g/mol. The number of anilines is 1. The van der Waals surface area contributed by atoms with Crippen LogP contribution in [0.1, 0.15) is 43.9 Å². The van der Waals surface area contributed by atoms with Crippen molar-refractivity contribution in [2.24, 2.45) is 7.05 Å². The standard InChI is InChI=1S/C19H27N5O4S/c1-3-17-15(14-22(2)21-17)13-20-18-9-8-16(12-19(18)24(25)26)29(27,28)23-10-6-4-5-7-11-23/h8-9,12,14,20H,3-7,10-11,13H2,1-2H3. The molecule has 1 saturated heterocycles. The normalized spacial score (nSPS) is 15.8. The van der Waals surface area contributed by atoms with E-state index in [0.29, 0.717) is 19.6 Å². The first-order valence-corrected chi connectivity index (χ1v) is 11.3. The fraction of sp³-hybridized carbons (Fsp3) is 0.526. The zero-order valence-electron chi connectivity index (χ0n) is 16.8. The fourth-order valence-corrected chi connectivity index (χ4v) is 5.16. The summed E-state index contributed by atoms with van der Waals surface area (Å²) in [4.78, 5) is 11.0. The van der Waals surface area contributed by atoms with Crippen molar-refractivity contribution in [3.8, 4) is 0 Å². The first kappa shape index (κ1) is 21.3. The maximum absolute atomic E-state index is 13.0. The summed E-state index contributed by atoms with van der Waals surface area (Å²) < 4.78 is 29.1. The van der Waals surface area contributed by atoms with Crippen LogP contribution in [0.4, 0.5) is 11.4 Å². The van der Waals surface area contributed by atoms with E-state index in [1.54, 1.807) is 4.68 Å². The van der Waals surface area contributed by atoms with Crippen LogP contribution in [-0.2, 0) is 30.0 Å². The molecule has 3 rings (SSSR count). The van der Waals surface area contributed by atoms with Gasteiger partial charge in [-0.25, -0.2) is 8.42 Å². The summed E-state index contributed by atoms with van der Waals surface area (Å²) >= 11 is 0. The van der Waals surface area contributed by atoms with Crippen LogP contribution in [0.15, 0.2) is 29.3 Å². The third kappa shape index (κ3) is 4.76. The van der Waals surface area contributed by atoms with E-state index in [4.69, 9.17) is 0 Å². The average molecular weight is 422 g/mol. The smallest absolute Gasteiger partial charge is 0.293 e. The van der Waals surface area contributed by atoms with Crippen LogP contribution in [0.5, 0.6) is 0 Å². The number of nitro groups is 1. The highest BCUT2D eigenvalue weighted by Gasteiger charge is 2.28. The molecule has 1 aliphatic rings. The van der Waals surface area contributed by atoms with Crippen LogP contribution in [0.2, 0.25) is 0 Å². The average Bonchev–Trinajstić information content (AvgIpc) is 2.88. The van der Waals surface area contributed by atoms with Crippen molar-refractivity contribution < 1.29 is 13.3 Å². The van der Waals surface area contributed by atoms with Crippen LogP contribution in [0.3, 0.4) is 0 Å². The van der Waals surface area contributed by atoms with E-state index in [1.807, 2.05) is 20.2 Å². The molecule has 0 unspecified atom stereocenters. The number of hydrogen-bond donors (Lipinski definition) is 1. The van der Waals surface area contributed by atoms with Gasteiger partial charge in [0.1, 0.15) is 5.69 Å². The van der Waals surface area contributed by atoms with Gasteiger partial charge in [-0.2, -0.15) is 9.40 Å². The molecule has 1 aromatic carbocycles. The highest BCUT2D eigenvalue weighted by molar-refractivity contribution is 7.89. The van der Waals surface area contributed by atoms with Gasteiger partial charge in [-0.15, -0.1) is 0 Å². The van der Waals surface area contributed by atoms with E-state index < -0.39 is 14.9 Å². The Kier molecular flexibility index (Phi) is 6.53. The number of nitro benzene ring substituents is 1. The van der Waals surface area contributed by atoms with E-state index >= 15 is 0 Å². The quantitative estimate of drug-likeness (QED) is 0.543.